The van der Waals surface area contributed by atoms with Gasteiger partial charge in [0.15, 0.2) is 5.82 Å². The molecule has 0 bridgehead atoms. The fraction of sp³-hybridized carbons (Fsp3) is 0.438. The van der Waals surface area contributed by atoms with E-state index in [2.05, 4.69) is 15.0 Å². The number of rotatable bonds is 5. The van der Waals surface area contributed by atoms with Crippen LogP contribution < -0.4 is 0 Å². The van der Waals surface area contributed by atoms with Crippen molar-refractivity contribution in [3.63, 3.8) is 0 Å². The van der Waals surface area contributed by atoms with Crippen LogP contribution in [0, 0.1) is 5.92 Å². The van der Waals surface area contributed by atoms with Crippen LogP contribution in [-0.2, 0) is 17.8 Å². The Morgan fingerprint density at radius 3 is 2.87 bits per heavy atom. The summed E-state index contributed by atoms with van der Waals surface area (Å²) in [5.41, 5.74) is 1.14. The molecule has 1 saturated heterocycles. The molecule has 0 radical (unpaired) electrons. The lowest BCUT2D eigenvalue weighted by Crippen LogP contribution is -2.38. The molecule has 1 fully saturated rings. The van der Waals surface area contributed by atoms with Crippen LogP contribution in [0.15, 0.2) is 34.9 Å². The van der Waals surface area contributed by atoms with Gasteiger partial charge in [-0.2, -0.15) is 4.98 Å². The predicted octanol–water partition coefficient (Wildman–Crippen LogP) is 2.38. The highest BCUT2D eigenvalue weighted by Crippen LogP contribution is 2.18. The van der Waals surface area contributed by atoms with Crippen molar-refractivity contribution in [2.75, 3.05) is 13.1 Å². The molecule has 1 unspecified atom stereocenters. The smallest absolute Gasteiger partial charge is 0.307 e. The van der Waals surface area contributed by atoms with Gasteiger partial charge in [0.25, 0.3) is 0 Å². The van der Waals surface area contributed by atoms with Gasteiger partial charge in [-0.1, -0.05) is 35.5 Å². The summed E-state index contributed by atoms with van der Waals surface area (Å²) < 4.78 is 5.29. The molecule has 1 N–H and O–H groups in total. The average molecular weight is 338 g/mol. The monoisotopic (exact) mass is 337 g/mol. The number of hydrogen-bond acceptors (Lipinski definition) is 5. The van der Waals surface area contributed by atoms with Crippen LogP contribution >= 0.6 is 12.4 Å². The standard InChI is InChI=1S/C16H19N3O3.ClH/c20-16(21)13-7-4-8-19(10-13)11-15-17-14(18-22-15)9-12-5-2-1-3-6-12;/h1-3,5-6,13H,4,7-11H2,(H,20,21);1H. The average Bonchev–Trinajstić information content (AvgIpc) is 2.95. The second-order valence-corrected chi connectivity index (χ2v) is 5.68. The number of hydrogen-bond donors (Lipinski definition) is 1. The van der Waals surface area contributed by atoms with Crippen LogP contribution in [0.1, 0.15) is 30.1 Å². The van der Waals surface area contributed by atoms with Crippen LogP contribution in [-0.4, -0.2) is 39.2 Å². The van der Waals surface area contributed by atoms with Crippen LogP contribution in [0.25, 0.3) is 0 Å². The fourth-order valence-electron chi connectivity index (χ4n) is 2.80. The quantitative estimate of drug-likeness (QED) is 0.902. The number of nitrogens with zero attached hydrogens (tertiary/aromatic N) is 3. The third-order valence-electron chi connectivity index (χ3n) is 3.93. The van der Waals surface area contributed by atoms with E-state index >= 15 is 0 Å². The van der Waals surface area contributed by atoms with E-state index < -0.39 is 5.97 Å². The lowest BCUT2D eigenvalue weighted by atomic mass is 9.98. The highest BCUT2D eigenvalue weighted by Gasteiger charge is 2.26. The predicted molar refractivity (Wildman–Crippen MR) is 86.4 cm³/mol. The maximum Gasteiger partial charge on any atom is 0.307 e. The van der Waals surface area contributed by atoms with Crippen molar-refractivity contribution in [2.45, 2.75) is 25.8 Å². The minimum absolute atomic E-state index is 0. The van der Waals surface area contributed by atoms with E-state index in [9.17, 15) is 4.79 Å². The van der Waals surface area contributed by atoms with Gasteiger partial charge < -0.3 is 9.63 Å². The molecule has 2 heterocycles. The van der Waals surface area contributed by atoms with Crippen molar-refractivity contribution in [1.82, 2.24) is 15.0 Å². The topological polar surface area (TPSA) is 79.5 Å². The third kappa shape index (κ3) is 4.77. The molecule has 1 aromatic heterocycles. The molecule has 1 atom stereocenters. The number of carbonyl (C=O) groups is 1. The Labute approximate surface area is 140 Å². The zero-order chi connectivity index (χ0) is 15.4. The highest BCUT2D eigenvalue weighted by atomic mass is 35.5. The van der Waals surface area contributed by atoms with Crippen molar-refractivity contribution in [2.24, 2.45) is 5.92 Å². The summed E-state index contributed by atoms with van der Waals surface area (Å²) in [6.45, 7) is 1.94. The van der Waals surface area contributed by atoms with Crippen LogP contribution in [0.2, 0.25) is 0 Å². The van der Waals surface area contributed by atoms with E-state index in [-0.39, 0.29) is 18.3 Å². The summed E-state index contributed by atoms with van der Waals surface area (Å²) >= 11 is 0. The van der Waals surface area contributed by atoms with Gasteiger partial charge >= 0.3 is 5.97 Å². The number of halogens is 1. The maximum atomic E-state index is 11.1. The van der Waals surface area contributed by atoms with Crippen molar-refractivity contribution in [1.29, 1.82) is 0 Å². The van der Waals surface area contributed by atoms with Gasteiger partial charge in [0, 0.05) is 13.0 Å². The Bertz CT molecular complexity index is 633. The van der Waals surface area contributed by atoms with Gasteiger partial charge in [-0.05, 0) is 24.9 Å². The molecule has 1 aliphatic heterocycles. The first kappa shape index (κ1) is 17.4. The van der Waals surface area contributed by atoms with Gasteiger partial charge in [0.2, 0.25) is 5.89 Å². The van der Waals surface area contributed by atoms with Crippen molar-refractivity contribution < 1.29 is 14.4 Å². The number of benzene rings is 1. The van der Waals surface area contributed by atoms with E-state index in [0.717, 1.165) is 24.9 Å². The van der Waals surface area contributed by atoms with Gasteiger partial charge in [-0.25, -0.2) is 0 Å². The first-order chi connectivity index (χ1) is 10.7. The number of aliphatic carboxylic acids is 1. The van der Waals surface area contributed by atoms with Crippen LogP contribution in [0.3, 0.4) is 0 Å². The number of aromatic nitrogens is 2. The van der Waals surface area contributed by atoms with Crippen molar-refractivity contribution >= 4 is 18.4 Å². The summed E-state index contributed by atoms with van der Waals surface area (Å²) in [6.07, 6.45) is 2.28. The summed E-state index contributed by atoms with van der Waals surface area (Å²) in [4.78, 5) is 17.6. The molecule has 1 aliphatic rings. The minimum Gasteiger partial charge on any atom is -0.481 e. The maximum absolute atomic E-state index is 11.1. The molecule has 6 nitrogen and oxygen atoms in total. The van der Waals surface area contributed by atoms with Gasteiger partial charge in [0.05, 0.1) is 12.5 Å². The second-order valence-electron chi connectivity index (χ2n) is 5.68. The Morgan fingerprint density at radius 2 is 2.13 bits per heavy atom. The van der Waals surface area contributed by atoms with E-state index in [4.69, 9.17) is 9.63 Å². The first-order valence-electron chi connectivity index (χ1n) is 7.51. The molecule has 7 heteroatoms. The Kier molecular flexibility index (Phi) is 6.12. The van der Waals surface area contributed by atoms with E-state index in [1.807, 2.05) is 30.3 Å². The number of carboxylic acids is 1. The summed E-state index contributed by atoms with van der Waals surface area (Å²) in [6, 6.07) is 9.99. The number of likely N-dealkylation sites (tertiary alicyclic amines) is 1. The van der Waals surface area contributed by atoms with Gasteiger partial charge in [0.1, 0.15) is 0 Å². The molecule has 3 rings (SSSR count). The summed E-state index contributed by atoms with van der Waals surface area (Å²) in [5.74, 6) is 0.199. The Balaban J connectivity index is 0.00000192. The molecule has 0 saturated carbocycles. The lowest BCUT2D eigenvalue weighted by molar-refractivity contribution is -0.143. The van der Waals surface area contributed by atoms with Crippen molar-refractivity contribution in [3.8, 4) is 0 Å². The first-order valence-corrected chi connectivity index (χ1v) is 7.51. The molecule has 1 aromatic carbocycles. The summed E-state index contributed by atoms with van der Waals surface area (Å²) in [7, 11) is 0. The normalized spacial score (nSPS) is 18.3. The van der Waals surface area contributed by atoms with Gasteiger partial charge in [-0.15, -0.1) is 12.4 Å². The minimum atomic E-state index is -0.722. The largest absolute Gasteiger partial charge is 0.481 e. The Hall–Kier alpha value is -1.92. The van der Waals surface area contributed by atoms with Crippen LogP contribution in [0.4, 0.5) is 0 Å². The fourth-order valence-corrected chi connectivity index (χ4v) is 2.80. The van der Waals surface area contributed by atoms with E-state index in [1.165, 1.54) is 0 Å². The third-order valence-corrected chi connectivity index (χ3v) is 3.93. The highest BCUT2D eigenvalue weighted by molar-refractivity contribution is 5.85. The molecule has 23 heavy (non-hydrogen) atoms. The molecule has 0 spiro atoms. The van der Waals surface area contributed by atoms with E-state index in [0.29, 0.717) is 31.2 Å². The number of carboxylic acid groups (broad SMARTS) is 1. The van der Waals surface area contributed by atoms with Crippen LogP contribution in [0.5, 0.6) is 0 Å². The summed E-state index contributed by atoms with van der Waals surface area (Å²) in [5, 5.41) is 13.1. The SMILES string of the molecule is Cl.O=C(O)C1CCCN(Cc2nc(Cc3ccccc3)no2)C1. The lowest BCUT2D eigenvalue weighted by Gasteiger charge is -2.29. The Morgan fingerprint density at radius 1 is 1.35 bits per heavy atom. The van der Waals surface area contributed by atoms with E-state index in [1.54, 1.807) is 0 Å². The zero-order valence-electron chi connectivity index (χ0n) is 12.7. The molecule has 0 amide bonds. The molecule has 124 valence electrons. The molecule has 2 aromatic rings. The number of piperidine rings is 1. The zero-order valence-corrected chi connectivity index (χ0v) is 13.5. The molecular weight excluding hydrogens is 318 g/mol. The molecular formula is C16H20ClN3O3. The van der Waals surface area contributed by atoms with Gasteiger partial charge in [-0.3, -0.25) is 9.69 Å². The second kappa shape index (κ2) is 8.08. The molecule has 0 aliphatic carbocycles. The van der Waals surface area contributed by atoms with Crippen molar-refractivity contribution in [3.05, 3.63) is 47.6 Å².